The molecule has 1 unspecified atom stereocenters. The first kappa shape index (κ1) is 10.9. The number of aryl methyl sites for hydroxylation is 1. The molecule has 1 aromatic rings. The van der Waals surface area contributed by atoms with Crippen LogP contribution in [0.5, 0.6) is 0 Å². The SMILES string of the molecule is Cc1ccnc(NCC2CCOC2)c1C#N. The van der Waals surface area contributed by atoms with Gasteiger partial charge in [-0.1, -0.05) is 0 Å². The van der Waals surface area contributed by atoms with Crippen LogP contribution in [0.4, 0.5) is 5.82 Å². The summed E-state index contributed by atoms with van der Waals surface area (Å²) in [5.74, 6) is 1.23. The molecule has 16 heavy (non-hydrogen) atoms. The van der Waals surface area contributed by atoms with Crippen LogP contribution in [0.3, 0.4) is 0 Å². The fourth-order valence-electron chi connectivity index (χ4n) is 1.82. The van der Waals surface area contributed by atoms with E-state index in [2.05, 4.69) is 16.4 Å². The normalized spacial score (nSPS) is 19.4. The lowest BCUT2D eigenvalue weighted by molar-refractivity contribution is 0.187. The van der Waals surface area contributed by atoms with E-state index in [4.69, 9.17) is 10.00 Å². The summed E-state index contributed by atoms with van der Waals surface area (Å²) in [7, 11) is 0. The smallest absolute Gasteiger partial charge is 0.144 e. The van der Waals surface area contributed by atoms with Crippen molar-refractivity contribution in [3.63, 3.8) is 0 Å². The predicted molar refractivity (Wildman–Crippen MR) is 61.1 cm³/mol. The van der Waals surface area contributed by atoms with E-state index in [1.54, 1.807) is 6.20 Å². The van der Waals surface area contributed by atoms with Crippen molar-refractivity contribution in [1.29, 1.82) is 5.26 Å². The molecule has 1 aromatic heterocycles. The fraction of sp³-hybridized carbons (Fsp3) is 0.500. The Hall–Kier alpha value is -1.60. The van der Waals surface area contributed by atoms with E-state index >= 15 is 0 Å². The molecule has 4 heteroatoms. The van der Waals surface area contributed by atoms with Gasteiger partial charge in [-0.05, 0) is 25.0 Å². The third-order valence-electron chi connectivity index (χ3n) is 2.85. The first-order valence-electron chi connectivity index (χ1n) is 5.48. The summed E-state index contributed by atoms with van der Waals surface area (Å²) < 4.78 is 5.30. The van der Waals surface area contributed by atoms with Crippen LogP contribution in [-0.2, 0) is 4.74 Å². The lowest BCUT2D eigenvalue weighted by atomic mass is 10.1. The summed E-state index contributed by atoms with van der Waals surface area (Å²) in [5, 5.41) is 12.3. The molecule has 1 saturated heterocycles. The number of hydrogen-bond acceptors (Lipinski definition) is 4. The van der Waals surface area contributed by atoms with Crippen LogP contribution in [0, 0.1) is 24.2 Å². The van der Waals surface area contributed by atoms with E-state index in [1.165, 1.54) is 0 Å². The first-order chi connectivity index (χ1) is 7.81. The molecule has 1 atom stereocenters. The van der Waals surface area contributed by atoms with Crippen LogP contribution in [0.25, 0.3) is 0 Å². The molecule has 0 aromatic carbocycles. The molecule has 0 amide bonds. The van der Waals surface area contributed by atoms with E-state index in [1.807, 2.05) is 13.0 Å². The van der Waals surface area contributed by atoms with Crippen molar-refractivity contribution in [2.24, 2.45) is 5.92 Å². The van der Waals surface area contributed by atoms with Gasteiger partial charge in [0.05, 0.1) is 12.2 Å². The molecular weight excluding hydrogens is 202 g/mol. The van der Waals surface area contributed by atoms with Gasteiger partial charge in [0, 0.05) is 25.3 Å². The Balaban J connectivity index is 2.03. The Bertz CT molecular complexity index is 405. The first-order valence-corrected chi connectivity index (χ1v) is 5.48. The lowest BCUT2D eigenvalue weighted by Gasteiger charge is -2.11. The summed E-state index contributed by atoms with van der Waals surface area (Å²) in [6.07, 6.45) is 2.81. The molecule has 0 saturated carbocycles. The fourth-order valence-corrected chi connectivity index (χ4v) is 1.82. The minimum Gasteiger partial charge on any atom is -0.381 e. The third kappa shape index (κ3) is 2.31. The Kier molecular flexibility index (Phi) is 3.37. The second kappa shape index (κ2) is 4.95. The number of rotatable bonds is 3. The Morgan fingerprint density at radius 1 is 1.69 bits per heavy atom. The number of ether oxygens (including phenoxy) is 1. The van der Waals surface area contributed by atoms with Crippen LogP contribution in [0.1, 0.15) is 17.5 Å². The molecule has 84 valence electrons. The molecule has 1 aliphatic heterocycles. The third-order valence-corrected chi connectivity index (χ3v) is 2.85. The number of anilines is 1. The van der Waals surface area contributed by atoms with Gasteiger partial charge in [0.1, 0.15) is 11.9 Å². The van der Waals surface area contributed by atoms with E-state index in [9.17, 15) is 0 Å². The Labute approximate surface area is 95.3 Å². The summed E-state index contributed by atoms with van der Waals surface area (Å²) in [4.78, 5) is 4.20. The average molecular weight is 217 g/mol. The van der Waals surface area contributed by atoms with E-state index in [0.717, 1.165) is 31.7 Å². The Morgan fingerprint density at radius 3 is 3.25 bits per heavy atom. The maximum Gasteiger partial charge on any atom is 0.144 e. The summed E-state index contributed by atoms with van der Waals surface area (Å²) in [6, 6.07) is 4.03. The van der Waals surface area contributed by atoms with Gasteiger partial charge >= 0.3 is 0 Å². The molecule has 2 rings (SSSR count). The minimum atomic E-state index is 0.536. The predicted octanol–water partition coefficient (Wildman–Crippen LogP) is 1.71. The zero-order valence-electron chi connectivity index (χ0n) is 9.36. The number of pyridine rings is 1. The molecule has 4 nitrogen and oxygen atoms in total. The quantitative estimate of drug-likeness (QED) is 0.837. The minimum absolute atomic E-state index is 0.536. The van der Waals surface area contributed by atoms with Crippen LogP contribution < -0.4 is 5.32 Å². The number of hydrogen-bond donors (Lipinski definition) is 1. The van der Waals surface area contributed by atoms with Crippen molar-refractivity contribution in [3.05, 3.63) is 23.4 Å². The van der Waals surface area contributed by atoms with Gasteiger partial charge in [0.2, 0.25) is 0 Å². The van der Waals surface area contributed by atoms with E-state index in [-0.39, 0.29) is 0 Å². The van der Waals surface area contributed by atoms with Gasteiger partial charge in [-0.15, -0.1) is 0 Å². The van der Waals surface area contributed by atoms with Gasteiger partial charge in [0.25, 0.3) is 0 Å². The number of aromatic nitrogens is 1. The van der Waals surface area contributed by atoms with Crippen molar-refractivity contribution in [2.75, 3.05) is 25.1 Å². The van der Waals surface area contributed by atoms with Crippen molar-refractivity contribution in [1.82, 2.24) is 4.98 Å². The highest BCUT2D eigenvalue weighted by atomic mass is 16.5. The molecule has 0 spiro atoms. The maximum atomic E-state index is 9.04. The molecule has 1 fully saturated rings. The van der Waals surface area contributed by atoms with Crippen molar-refractivity contribution in [2.45, 2.75) is 13.3 Å². The highest BCUT2D eigenvalue weighted by molar-refractivity contribution is 5.55. The number of nitrogens with zero attached hydrogens (tertiary/aromatic N) is 2. The van der Waals surface area contributed by atoms with Gasteiger partial charge < -0.3 is 10.1 Å². The van der Waals surface area contributed by atoms with Crippen LogP contribution in [0.2, 0.25) is 0 Å². The van der Waals surface area contributed by atoms with Gasteiger partial charge in [0.15, 0.2) is 0 Å². The number of nitrogens with one attached hydrogen (secondary N) is 1. The van der Waals surface area contributed by atoms with E-state index < -0.39 is 0 Å². The van der Waals surface area contributed by atoms with Crippen LogP contribution in [0.15, 0.2) is 12.3 Å². The van der Waals surface area contributed by atoms with Gasteiger partial charge in [-0.25, -0.2) is 4.98 Å². The van der Waals surface area contributed by atoms with Crippen molar-refractivity contribution in [3.8, 4) is 6.07 Å². The maximum absolute atomic E-state index is 9.04. The second-order valence-corrected chi connectivity index (χ2v) is 4.07. The molecule has 0 bridgehead atoms. The molecule has 0 aliphatic carbocycles. The molecule has 0 radical (unpaired) electrons. The van der Waals surface area contributed by atoms with E-state index in [0.29, 0.717) is 17.3 Å². The van der Waals surface area contributed by atoms with Gasteiger partial charge in [-0.2, -0.15) is 5.26 Å². The van der Waals surface area contributed by atoms with Crippen LogP contribution in [-0.4, -0.2) is 24.7 Å². The van der Waals surface area contributed by atoms with Gasteiger partial charge in [-0.3, -0.25) is 0 Å². The summed E-state index contributed by atoms with van der Waals surface area (Å²) in [5.41, 5.74) is 1.60. The standard InChI is InChI=1S/C12H15N3O/c1-9-2-4-14-12(11(9)6-13)15-7-10-3-5-16-8-10/h2,4,10H,3,5,7-8H2,1H3,(H,14,15). The average Bonchev–Trinajstić information content (AvgIpc) is 2.79. The Morgan fingerprint density at radius 2 is 2.56 bits per heavy atom. The highest BCUT2D eigenvalue weighted by Gasteiger charge is 2.16. The second-order valence-electron chi connectivity index (χ2n) is 4.07. The molecule has 1 N–H and O–H groups in total. The van der Waals surface area contributed by atoms with Crippen molar-refractivity contribution >= 4 is 5.82 Å². The largest absolute Gasteiger partial charge is 0.381 e. The zero-order valence-corrected chi connectivity index (χ0v) is 9.36. The lowest BCUT2D eigenvalue weighted by Crippen LogP contribution is -2.15. The number of nitriles is 1. The monoisotopic (exact) mass is 217 g/mol. The highest BCUT2D eigenvalue weighted by Crippen LogP contribution is 2.17. The summed E-state index contributed by atoms with van der Waals surface area (Å²) in [6.45, 7) is 4.40. The molecule has 1 aliphatic rings. The molecular formula is C12H15N3O. The van der Waals surface area contributed by atoms with Crippen molar-refractivity contribution < 1.29 is 4.74 Å². The summed E-state index contributed by atoms with van der Waals surface area (Å²) >= 11 is 0. The topological polar surface area (TPSA) is 57.9 Å². The van der Waals surface area contributed by atoms with Crippen LogP contribution >= 0.6 is 0 Å². The zero-order chi connectivity index (χ0) is 11.4. The molecule has 2 heterocycles.